The van der Waals surface area contributed by atoms with Crippen molar-refractivity contribution in [2.75, 3.05) is 60.7 Å². The average molecular weight is 710 g/mol. The van der Waals surface area contributed by atoms with Gasteiger partial charge >= 0.3 is 0 Å². The molecule has 248 valence electrons. The quantitative estimate of drug-likeness (QED) is 0.249. The van der Waals surface area contributed by atoms with Gasteiger partial charge in [0.25, 0.3) is 5.91 Å². The lowest BCUT2D eigenvalue weighted by Crippen LogP contribution is -2.53. The topological polar surface area (TPSA) is 83.5 Å². The molecular weight excluding hydrogens is 671 g/mol. The van der Waals surface area contributed by atoms with Gasteiger partial charge in [0.2, 0.25) is 5.75 Å². The second kappa shape index (κ2) is 14.4. The van der Waals surface area contributed by atoms with Crippen LogP contribution in [0.3, 0.4) is 0 Å². The number of hydrogen-bond donors (Lipinski definition) is 0. The minimum atomic E-state index is -0.914. The molecule has 1 amide bonds. The molecule has 3 heterocycles. The van der Waals surface area contributed by atoms with Crippen LogP contribution < -0.4 is 14.2 Å². The van der Waals surface area contributed by atoms with Gasteiger partial charge in [-0.3, -0.25) is 4.79 Å². The molecule has 0 bridgehead atoms. The van der Waals surface area contributed by atoms with E-state index in [0.717, 1.165) is 38.0 Å². The maximum absolute atomic E-state index is 14.0. The molecule has 0 aliphatic carbocycles. The van der Waals surface area contributed by atoms with Crippen LogP contribution in [0.25, 0.3) is 0 Å². The van der Waals surface area contributed by atoms with E-state index in [1.807, 2.05) is 23.1 Å². The predicted octanol–water partition coefficient (Wildman–Crippen LogP) is 6.45. The first kappa shape index (κ1) is 35.0. The molecule has 0 radical (unpaired) electrons. The van der Waals surface area contributed by atoms with E-state index in [4.69, 9.17) is 42.1 Å². The number of carbonyl (C=O) groups is 1. The first-order valence-corrected chi connectivity index (χ1v) is 17.2. The number of carbonyl (C=O) groups excluding carboxylic acids is 1. The number of benzene rings is 3. The van der Waals surface area contributed by atoms with E-state index < -0.39 is 16.8 Å². The van der Waals surface area contributed by atoms with Crippen LogP contribution in [0.15, 0.2) is 54.6 Å². The van der Waals surface area contributed by atoms with E-state index in [1.54, 1.807) is 18.2 Å². The Bertz CT molecular complexity index is 1540. The third kappa shape index (κ3) is 6.40. The normalized spacial score (nSPS) is 22.2. The number of halogens is 3. The molecule has 1 spiro atoms. The number of nitrogens with zero attached hydrogens (tertiary/aromatic N) is 2. The summed E-state index contributed by atoms with van der Waals surface area (Å²) in [5, 5.41) is 0.899. The molecule has 2 fully saturated rings. The van der Waals surface area contributed by atoms with Crippen molar-refractivity contribution >= 4 is 52.7 Å². The van der Waals surface area contributed by atoms with Crippen molar-refractivity contribution in [1.29, 1.82) is 0 Å². The number of likely N-dealkylation sites (tertiary alicyclic amines) is 1. The second-order valence-corrected chi connectivity index (χ2v) is 14.4. The molecule has 2 saturated heterocycles. The number of methoxy groups -OCH3 is 3. The average Bonchev–Trinajstić information content (AvgIpc) is 3.34. The number of rotatable bonds is 8. The molecule has 2 atom stereocenters. The van der Waals surface area contributed by atoms with Crippen molar-refractivity contribution in [2.24, 2.45) is 0 Å². The minimum absolute atomic E-state index is 0. The monoisotopic (exact) mass is 708 g/mol. The van der Waals surface area contributed by atoms with Crippen molar-refractivity contribution in [3.05, 3.63) is 86.9 Å². The zero-order valence-electron chi connectivity index (χ0n) is 26.2. The Hall–Kier alpha value is -2.37. The van der Waals surface area contributed by atoms with E-state index in [0.29, 0.717) is 64.7 Å². The Morgan fingerprint density at radius 3 is 2.30 bits per heavy atom. The van der Waals surface area contributed by atoms with Crippen LogP contribution in [-0.4, -0.2) is 80.9 Å². The number of piperidine rings is 1. The molecule has 3 aromatic carbocycles. The van der Waals surface area contributed by atoms with Crippen molar-refractivity contribution in [2.45, 2.75) is 35.4 Å². The molecule has 0 saturated carbocycles. The van der Waals surface area contributed by atoms with E-state index in [-0.39, 0.29) is 23.1 Å². The predicted molar refractivity (Wildman–Crippen MR) is 184 cm³/mol. The Morgan fingerprint density at radius 1 is 0.957 bits per heavy atom. The number of amides is 1. The highest BCUT2D eigenvalue weighted by Gasteiger charge is 2.52. The molecule has 46 heavy (non-hydrogen) atoms. The standard InChI is InChI=1S/C34H38Cl2N2O6S.ClH/c1-41-29-18-24(19-30(42-2)31(29)43-3)32(39)38-16-17-44-33(22-38,25-8-9-27(35)28(36)20-25)10-13-37-14-11-34(12-15-37)26-7-5-4-6-23(26)21-45(34)40;/h4-9,18-20H,10-17,21-22H2,1-3H3;1H/t33-,45?;/m0./s1. The van der Waals surface area contributed by atoms with Crippen molar-refractivity contribution in [3.8, 4) is 17.2 Å². The molecule has 3 aliphatic rings. The molecule has 3 aliphatic heterocycles. The Morgan fingerprint density at radius 2 is 1.65 bits per heavy atom. The van der Waals surface area contributed by atoms with Crippen LogP contribution in [0.4, 0.5) is 0 Å². The van der Waals surface area contributed by atoms with Crippen LogP contribution in [0.2, 0.25) is 10.0 Å². The minimum Gasteiger partial charge on any atom is -0.615 e. The van der Waals surface area contributed by atoms with Gasteiger partial charge in [0, 0.05) is 55.7 Å². The summed E-state index contributed by atoms with van der Waals surface area (Å²) in [5.74, 6) is 1.73. The lowest BCUT2D eigenvalue weighted by molar-refractivity contribution is -0.113. The van der Waals surface area contributed by atoms with Crippen LogP contribution in [0, 0.1) is 0 Å². The summed E-state index contributed by atoms with van der Waals surface area (Å²) < 4.78 is 36.1. The van der Waals surface area contributed by atoms with E-state index >= 15 is 0 Å². The van der Waals surface area contributed by atoms with Gasteiger partial charge < -0.3 is 33.3 Å². The van der Waals surface area contributed by atoms with E-state index in [9.17, 15) is 9.35 Å². The molecule has 0 N–H and O–H groups in total. The molecule has 8 nitrogen and oxygen atoms in total. The lowest BCUT2D eigenvalue weighted by atomic mass is 9.85. The highest BCUT2D eigenvalue weighted by Crippen LogP contribution is 2.49. The maximum atomic E-state index is 14.0. The molecule has 6 rings (SSSR count). The van der Waals surface area contributed by atoms with Gasteiger partial charge in [-0.2, -0.15) is 0 Å². The smallest absolute Gasteiger partial charge is 0.254 e. The molecule has 1 unspecified atom stereocenters. The highest BCUT2D eigenvalue weighted by molar-refractivity contribution is 7.92. The summed E-state index contributed by atoms with van der Waals surface area (Å²) in [7, 11) is 4.59. The first-order valence-electron chi connectivity index (χ1n) is 15.1. The fourth-order valence-corrected chi connectivity index (χ4v) is 9.25. The van der Waals surface area contributed by atoms with Crippen LogP contribution in [0.1, 0.15) is 46.3 Å². The fourth-order valence-electron chi connectivity index (χ4n) is 7.06. The third-order valence-corrected chi connectivity index (χ3v) is 12.4. The number of morpholine rings is 1. The molecule has 0 aromatic heterocycles. The number of fused-ring (bicyclic) bond motifs is 2. The van der Waals surface area contributed by atoms with Gasteiger partial charge in [-0.1, -0.05) is 53.5 Å². The van der Waals surface area contributed by atoms with Gasteiger partial charge in [0.15, 0.2) is 16.2 Å². The Labute approximate surface area is 289 Å². The van der Waals surface area contributed by atoms with Crippen LogP contribution in [0.5, 0.6) is 17.2 Å². The summed E-state index contributed by atoms with van der Waals surface area (Å²) >= 11 is 11.9. The van der Waals surface area contributed by atoms with Gasteiger partial charge in [-0.15, -0.1) is 12.4 Å². The van der Waals surface area contributed by atoms with Crippen molar-refractivity contribution in [3.63, 3.8) is 0 Å². The molecular formula is C34H39Cl3N2O6S. The first-order chi connectivity index (χ1) is 21.7. The Balaban J connectivity index is 0.00000417. The molecule has 12 heteroatoms. The second-order valence-electron chi connectivity index (χ2n) is 11.8. The van der Waals surface area contributed by atoms with Gasteiger partial charge in [-0.05, 0) is 47.4 Å². The fraction of sp³-hybridized carbons (Fsp3) is 0.441. The zero-order valence-corrected chi connectivity index (χ0v) is 29.3. The zero-order chi connectivity index (χ0) is 31.8. The van der Waals surface area contributed by atoms with Crippen LogP contribution in [-0.2, 0) is 32.0 Å². The van der Waals surface area contributed by atoms with Gasteiger partial charge in [0.1, 0.15) is 11.4 Å². The van der Waals surface area contributed by atoms with Gasteiger partial charge in [0.05, 0.1) is 44.5 Å². The highest BCUT2D eigenvalue weighted by atomic mass is 35.5. The van der Waals surface area contributed by atoms with Crippen molar-refractivity contribution < 1.29 is 28.3 Å². The number of hydrogen-bond acceptors (Lipinski definition) is 7. The summed E-state index contributed by atoms with van der Waals surface area (Å²) in [6, 6.07) is 17.3. The van der Waals surface area contributed by atoms with E-state index in [1.165, 1.54) is 32.5 Å². The van der Waals surface area contributed by atoms with E-state index in [2.05, 4.69) is 23.1 Å². The van der Waals surface area contributed by atoms with Gasteiger partial charge in [-0.25, -0.2) is 0 Å². The Kier molecular flexibility index (Phi) is 10.9. The lowest BCUT2D eigenvalue weighted by Gasteiger charge is -2.45. The summed E-state index contributed by atoms with van der Waals surface area (Å²) in [6.07, 6.45) is 2.34. The summed E-state index contributed by atoms with van der Waals surface area (Å²) in [6.45, 7) is 3.54. The number of ether oxygens (including phenoxy) is 4. The third-order valence-electron chi connectivity index (χ3n) is 9.56. The summed E-state index contributed by atoms with van der Waals surface area (Å²) in [4.78, 5) is 18.2. The summed E-state index contributed by atoms with van der Waals surface area (Å²) in [5.41, 5.74) is 2.97. The SMILES string of the molecule is COc1cc(C(=O)N2CCO[C@](CCN3CCC4(CC3)c3ccccc3C[S+]4[O-])(c3ccc(Cl)c(Cl)c3)C2)cc(OC)c1OC.Cl. The van der Waals surface area contributed by atoms with Crippen LogP contribution >= 0.6 is 35.6 Å². The maximum Gasteiger partial charge on any atom is 0.254 e. The molecule has 3 aromatic rings. The van der Waals surface area contributed by atoms with Crippen molar-refractivity contribution in [1.82, 2.24) is 9.80 Å². The largest absolute Gasteiger partial charge is 0.615 e.